The highest BCUT2D eigenvalue weighted by Gasteiger charge is 2.26. The van der Waals surface area contributed by atoms with Crippen molar-refractivity contribution >= 4 is 40.6 Å². The van der Waals surface area contributed by atoms with E-state index in [9.17, 15) is 4.79 Å². The molecule has 0 atom stereocenters. The summed E-state index contributed by atoms with van der Waals surface area (Å²) in [6, 6.07) is 10.7. The zero-order valence-corrected chi connectivity index (χ0v) is 16.4. The molecule has 1 amide bonds. The standard InChI is InChI=1S/C19H18Cl2N6O/c20-15-3-2-14(12-16(15)21)23-19(28)13-6-10-26(11-7-13)17-4-5-18(25-24-17)27-9-1-8-22-27/h1-5,8-9,12-13H,6-7,10-11H2,(H,23,28). The first kappa shape index (κ1) is 18.7. The molecule has 7 nitrogen and oxygen atoms in total. The zero-order valence-electron chi connectivity index (χ0n) is 14.9. The van der Waals surface area contributed by atoms with Crippen LogP contribution in [0.2, 0.25) is 10.0 Å². The largest absolute Gasteiger partial charge is 0.355 e. The van der Waals surface area contributed by atoms with Crippen LogP contribution < -0.4 is 10.2 Å². The summed E-state index contributed by atoms with van der Waals surface area (Å²) in [6.45, 7) is 1.49. The van der Waals surface area contributed by atoms with Crippen LogP contribution in [0.25, 0.3) is 5.82 Å². The fourth-order valence-electron chi connectivity index (χ4n) is 3.20. The average Bonchev–Trinajstić information content (AvgIpc) is 3.26. The molecule has 1 fully saturated rings. The fraction of sp³-hybridized carbons (Fsp3) is 0.263. The Bertz CT molecular complexity index is 953. The lowest BCUT2D eigenvalue weighted by Crippen LogP contribution is -2.38. The summed E-state index contributed by atoms with van der Waals surface area (Å²) in [7, 11) is 0. The normalized spacial score (nSPS) is 14.9. The molecular formula is C19H18Cl2N6O. The molecule has 3 aromatic rings. The van der Waals surface area contributed by atoms with E-state index in [1.54, 1.807) is 29.1 Å². The Morgan fingerprint density at radius 3 is 2.43 bits per heavy atom. The number of nitrogens with zero attached hydrogens (tertiary/aromatic N) is 5. The molecule has 0 spiro atoms. The Morgan fingerprint density at radius 1 is 1.04 bits per heavy atom. The topological polar surface area (TPSA) is 75.9 Å². The van der Waals surface area contributed by atoms with Gasteiger partial charge < -0.3 is 10.2 Å². The van der Waals surface area contributed by atoms with Gasteiger partial charge in [0.1, 0.15) is 0 Å². The molecule has 1 N–H and O–H groups in total. The number of carbonyl (C=O) groups excluding carboxylic acids is 1. The lowest BCUT2D eigenvalue weighted by atomic mass is 9.96. The predicted molar refractivity (Wildman–Crippen MR) is 109 cm³/mol. The van der Waals surface area contributed by atoms with Crippen molar-refractivity contribution in [3.05, 3.63) is 58.8 Å². The second-order valence-corrected chi connectivity index (χ2v) is 7.39. The molecule has 1 aliphatic rings. The van der Waals surface area contributed by atoms with E-state index >= 15 is 0 Å². The highest BCUT2D eigenvalue weighted by molar-refractivity contribution is 6.42. The van der Waals surface area contributed by atoms with E-state index in [4.69, 9.17) is 23.2 Å². The molecule has 0 saturated carbocycles. The molecule has 3 heterocycles. The van der Waals surface area contributed by atoms with Gasteiger partial charge in [-0.25, -0.2) is 4.68 Å². The molecular weight excluding hydrogens is 399 g/mol. The Morgan fingerprint density at radius 2 is 1.79 bits per heavy atom. The van der Waals surface area contributed by atoms with E-state index < -0.39 is 0 Å². The third-order valence-electron chi connectivity index (χ3n) is 4.75. The third kappa shape index (κ3) is 4.10. The average molecular weight is 417 g/mol. The Kier molecular flexibility index (Phi) is 5.45. The van der Waals surface area contributed by atoms with Gasteiger partial charge in [0, 0.05) is 37.1 Å². The van der Waals surface area contributed by atoms with E-state index in [1.807, 2.05) is 24.4 Å². The number of carbonyl (C=O) groups is 1. The highest BCUT2D eigenvalue weighted by atomic mass is 35.5. The van der Waals surface area contributed by atoms with Crippen LogP contribution in [-0.2, 0) is 4.79 Å². The molecule has 0 unspecified atom stereocenters. The second kappa shape index (κ2) is 8.16. The lowest BCUT2D eigenvalue weighted by molar-refractivity contribution is -0.120. The van der Waals surface area contributed by atoms with Gasteiger partial charge in [0.2, 0.25) is 5.91 Å². The quantitative estimate of drug-likeness (QED) is 0.699. The first-order valence-corrected chi connectivity index (χ1v) is 9.70. The van der Waals surface area contributed by atoms with E-state index in [0.29, 0.717) is 21.6 Å². The van der Waals surface area contributed by atoms with Gasteiger partial charge in [-0.1, -0.05) is 23.2 Å². The van der Waals surface area contributed by atoms with E-state index in [1.165, 1.54) is 0 Å². The first-order chi connectivity index (χ1) is 13.6. The molecule has 1 saturated heterocycles. The summed E-state index contributed by atoms with van der Waals surface area (Å²) in [4.78, 5) is 14.7. The minimum absolute atomic E-state index is 0.00171. The minimum Gasteiger partial charge on any atom is -0.355 e. The second-order valence-electron chi connectivity index (χ2n) is 6.58. The first-order valence-electron chi connectivity index (χ1n) is 8.95. The summed E-state index contributed by atoms with van der Waals surface area (Å²) in [5.41, 5.74) is 0.655. The zero-order chi connectivity index (χ0) is 19.5. The third-order valence-corrected chi connectivity index (χ3v) is 5.49. The van der Waals surface area contributed by atoms with Crippen molar-refractivity contribution in [2.75, 3.05) is 23.3 Å². The van der Waals surface area contributed by atoms with Crippen molar-refractivity contribution in [1.82, 2.24) is 20.0 Å². The molecule has 1 aromatic carbocycles. The van der Waals surface area contributed by atoms with Gasteiger partial charge in [0.15, 0.2) is 11.6 Å². The number of amides is 1. The van der Waals surface area contributed by atoms with Gasteiger partial charge in [0.05, 0.1) is 10.0 Å². The summed E-state index contributed by atoms with van der Waals surface area (Å²) < 4.78 is 1.66. The summed E-state index contributed by atoms with van der Waals surface area (Å²) in [5, 5.41) is 16.5. The monoisotopic (exact) mass is 416 g/mol. The van der Waals surface area contributed by atoms with Gasteiger partial charge in [-0.05, 0) is 49.2 Å². The van der Waals surface area contributed by atoms with Crippen LogP contribution in [0.5, 0.6) is 0 Å². The molecule has 4 rings (SSSR count). The van der Waals surface area contributed by atoms with Crippen molar-refractivity contribution in [2.45, 2.75) is 12.8 Å². The van der Waals surface area contributed by atoms with Gasteiger partial charge in [0.25, 0.3) is 0 Å². The van der Waals surface area contributed by atoms with Crippen molar-refractivity contribution < 1.29 is 4.79 Å². The van der Waals surface area contributed by atoms with Crippen LogP contribution in [0.1, 0.15) is 12.8 Å². The number of halogens is 2. The minimum atomic E-state index is -0.0537. The van der Waals surface area contributed by atoms with Crippen LogP contribution in [0.15, 0.2) is 48.8 Å². The SMILES string of the molecule is O=C(Nc1ccc(Cl)c(Cl)c1)C1CCN(c2ccc(-n3cccn3)nn2)CC1. The molecule has 0 bridgehead atoms. The van der Waals surface area contributed by atoms with Crippen LogP contribution in [0.4, 0.5) is 11.5 Å². The molecule has 0 aliphatic carbocycles. The van der Waals surface area contributed by atoms with Crippen molar-refractivity contribution in [3.8, 4) is 5.82 Å². The predicted octanol–water partition coefficient (Wildman–Crippen LogP) is 3.82. The number of rotatable bonds is 4. The van der Waals surface area contributed by atoms with Crippen molar-refractivity contribution in [3.63, 3.8) is 0 Å². The Labute approximate surface area is 172 Å². The highest BCUT2D eigenvalue weighted by Crippen LogP contribution is 2.27. The summed E-state index contributed by atoms with van der Waals surface area (Å²) in [6.07, 6.45) is 5.01. The maximum Gasteiger partial charge on any atom is 0.227 e. The maximum absolute atomic E-state index is 12.5. The molecule has 28 heavy (non-hydrogen) atoms. The van der Waals surface area contributed by atoms with Crippen LogP contribution in [-0.4, -0.2) is 39.0 Å². The van der Waals surface area contributed by atoms with Gasteiger partial charge in [-0.3, -0.25) is 4.79 Å². The van der Waals surface area contributed by atoms with Gasteiger partial charge in [-0.15, -0.1) is 10.2 Å². The van der Waals surface area contributed by atoms with Crippen LogP contribution in [0, 0.1) is 5.92 Å². The number of hydrogen-bond acceptors (Lipinski definition) is 5. The van der Waals surface area contributed by atoms with E-state index in [-0.39, 0.29) is 11.8 Å². The number of nitrogens with one attached hydrogen (secondary N) is 1. The summed E-state index contributed by atoms with van der Waals surface area (Å²) in [5.74, 6) is 1.42. The maximum atomic E-state index is 12.5. The lowest BCUT2D eigenvalue weighted by Gasteiger charge is -2.31. The van der Waals surface area contributed by atoms with Gasteiger partial charge >= 0.3 is 0 Å². The number of anilines is 2. The molecule has 2 aromatic heterocycles. The Hall–Kier alpha value is -2.64. The van der Waals surface area contributed by atoms with Crippen molar-refractivity contribution in [1.29, 1.82) is 0 Å². The van der Waals surface area contributed by atoms with Crippen LogP contribution in [0.3, 0.4) is 0 Å². The van der Waals surface area contributed by atoms with E-state index in [2.05, 4.69) is 25.5 Å². The van der Waals surface area contributed by atoms with Crippen LogP contribution >= 0.6 is 23.2 Å². The molecule has 1 aliphatic heterocycles. The fourth-order valence-corrected chi connectivity index (χ4v) is 3.50. The van der Waals surface area contributed by atoms with Crippen molar-refractivity contribution in [2.24, 2.45) is 5.92 Å². The number of piperidine rings is 1. The smallest absolute Gasteiger partial charge is 0.227 e. The number of hydrogen-bond donors (Lipinski definition) is 1. The Balaban J connectivity index is 1.33. The number of aromatic nitrogens is 4. The van der Waals surface area contributed by atoms with E-state index in [0.717, 1.165) is 31.7 Å². The molecule has 144 valence electrons. The number of benzene rings is 1. The molecule has 0 radical (unpaired) electrons. The summed E-state index contributed by atoms with van der Waals surface area (Å²) >= 11 is 11.9. The van der Waals surface area contributed by atoms with Gasteiger partial charge in [-0.2, -0.15) is 5.10 Å². The molecule has 9 heteroatoms.